The Morgan fingerprint density at radius 3 is 2.95 bits per heavy atom. The highest BCUT2D eigenvalue weighted by Gasteiger charge is 2.20. The summed E-state index contributed by atoms with van der Waals surface area (Å²) in [5.74, 6) is 1.53. The lowest BCUT2D eigenvalue weighted by Gasteiger charge is -2.29. The molecule has 1 aromatic carbocycles. The molecule has 1 saturated heterocycles. The maximum atomic E-state index is 6.02. The van der Waals surface area contributed by atoms with Gasteiger partial charge in [0.1, 0.15) is 5.82 Å². The number of benzene rings is 1. The Balaban J connectivity index is 1.71. The fraction of sp³-hybridized carbons (Fsp3) is 0.429. The number of H-pyrrole nitrogens is 1. The van der Waals surface area contributed by atoms with Gasteiger partial charge in [-0.25, -0.2) is 0 Å². The number of aromatic amines is 1. The minimum atomic E-state index is 0.204. The fourth-order valence-electron chi connectivity index (χ4n) is 2.54. The van der Waals surface area contributed by atoms with Gasteiger partial charge in [-0.2, -0.15) is 4.98 Å². The van der Waals surface area contributed by atoms with E-state index in [1.54, 1.807) is 6.07 Å². The van der Waals surface area contributed by atoms with Crippen molar-refractivity contribution in [2.45, 2.75) is 25.3 Å². The monoisotopic (exact) mass is 325 g/mol. The van der Waals surface area contributed by atoms with Crippen LogP contribution in [0.1, 0.15) is 24.2 Å². The van der Waals surface area contributed by atoms with Gasteiger partial charge in [-0.3, -0.25) is 5.10 Å². The summed E-state index contributed by atoms with van der Waals surface area (Å²) < 4.78 is 0. The highest BCUT2D eigenvalue weighted by atomic mass is 35.5. The Bertz CT molecular complexity index is 628. The highest BCUT2D eigenvalue weighted by Crippen LogP contribution is 2.23. The minimum absolute atomic E-state index is 0.204. The number of nitrogens with two attached hydrogens (primary N) is 1. The van der Waals surface area contributed by atoms with Crippen molar-refractivity contribution in [3.63, 3.8) is 0 Å². The number of nitrogens with one attached hydrogen (secondary N) is 1. The van der Waals surface area contributed by atoms with Crippen LogP contribution in [0.5, 0.6) is 0 Å². The largest absolute Gasteiger partial charge is 0.338 e. The summed E-state index contributed by atoms with van der Waals surface area (Å²) >= 11 is 11.9. The number of anilines is 1. The molecule has 3 N–H and O–H groups in total. The topological polar surface area (TPSA) is 70.8 Å². The summed E-state index contributed by atoms with van der Waals surface area (Å²) in [4.78, 5) is 6.67. The summed E-state index contributed by atoms with van der Waals surface area (Å²) in [6.07, 6.45) is 2.79. The predicted octanol–water partition coefficient (Wildman–Crippen LogP) is 2.63. The summed E-state index contributed by atoms with van der Waals surface area (Å²) in [6, 6.07) is 5.78. The minimum Gasteiger partial charge on any atom is -0.338 e. The van der Waals surface area contributed by atoms with Gasteiger partial charge in [0.15, 0.2) is 0 Å². The smallest absolute Gasteiger partial charge is 0.244 e. The van der Waals surface area contributed by atoms with Crippen LogP contribution in [0.4, 0.5) is 5.95 Å². The second-order valence-electron chi connectivity index (χ2n) is 5.36. The predicted molar refractivity (Wildman–Crippen MR) is 85.1 cm³/mol. The molecule has 3 rings (SSSR count). The quantitative estimate of drug-likeness (QED) is 0.910. The third kappa shape index (κ3) is 3.48. The van der Waals surface area contributed by atoms with Crippen molar-refractivity contribution in [3.8, 4) is 0 Å². The first-order chi connectivity index (χ1) is 10.1. The molecule has 5 nitrogen and oxygen atoms in total. The van der Waals surface area contributed by atoms with Crippen LogP contribution in [0, 0.1) is 0 Å². The zero-order chi connectivity index (χ0) is 14.8. The molecular formula is C14H17Cl2N5. The molecule has 21 heavy (non-hydrogen) atoms. The molecule has 1 fully saturated rings. The molecular weight excluding hydrogens is 309 g/mol. The molecule has 7 heteroatoms. The molecule has 112 valence electrons. The molecule has 0 saturated carbocycles. The SMILES string of the molecule is NC1CCCN(c2n[nH]c(Cc3ccc(Cl)c(Cl)c3)n2)C1. The van der Waals surface area contributed by atoms with Gasteiger partial charge in [0.2, 0.25) is 5.95 Å². The molecule has 1 unspecified atom stereocenters. The van der Waals surface area contributed by atoms with Gasteiger partial charge in [0.25, 0.3) is 0 Å². The Morgan fingerprint density at radius 2 is 2.19 bits per heavy atom. The van der Waals surface area contributed by atoms with Crippen LogP contribution in [0.25, 0.3) is 0 Å². The molecule has 1 aliphatic rings. The average molecular weight is 326 g/mol. The molecule has 0 aliphatic carbocycles. The van der Waals surface area contributed by atoms with Crippen LogP contribution < -0.4 is 10.6 Å². The second-order valence-corrected chi connectivity index (χ2v) is 6.17. The number of piperidine rings is 1. The number of halogens is 2. The highest BCUT2D eigenvalue weighted by molar-refractivity contribution is 6.42. The van der Waals surface area contributed by atoms with Crippen molar-refractivity contribution in [3.05, 3.63) is 39.6 Å². The first-order valence-corrected chi connectivity index (χ1v) is 7.73. The Morgan fingerprint density at radius 1 is 1.33 bits per heavy atom. The lowest BCUT2D eigenvalue weighted by Crippen LogP contribution is -2.43. The lowest BCUT2D eigenvalue weighted by molar-refractivity contribution is 0.500. The molecule has 0 spiro atoms. The maximum absolute atomic E-state index is 6.02. The molecule has 0 bridgehead atoms. The van der Waals surface area contributed by atoms with E-state index in [1.807, 2.05) is 12.1 Å². The zero-order valence-electron chi connectivity index (χ0n) is 11.5. The Hall–Kier alpha value is -1.30. The van der Waals surface area contributed by atoms with Gasteiger partial charge in [0, 0.05) is 25.6 Å². The molecule has 0 radical (unpaired) electrons. The van der Waals surface area contributed by atoms with Crippen LogP contribution in [-0.4, -0.2) is 34.3 Å². The Kier molecular flexibility index (Phi) is 4.33. The van der Waals surface area contributed by atoms with Crippen molar-refractivity contribution in [1.29, 1.82) is 0 Å². The van der Waals surface area contributed by atoms with Crippen LogP contribution in [0.3, 0.4) is 0 Å². The number of aromatic nitrogens is 3. The van der Waals surface area contributed by atoms with Crippen molar-refractivity contribution in [1.82, 2.24) is 15.2 Å². The molecule has 1 atom stereocenters. The molecule has 1 aromatic heterocycles. The van der Waals surface area contributed by atoms with Crippen LogP contribution in [0.2, 0.25) is 10.0 Å². The van der Waals surface area contributed by atoms with Gasteiger partial charge in [0.05, 0.1) is 10.0 Å². The first-order valence-electron chi connectivity index (χ1n) is 6.97. The zero-order valence-corrected chi connectivity index (χ0v) is 13.0. The molecule has 2 aromatic rings. The molecule has 0 amide bonds. The van der Waals surface area contributed by atoms with E-state index >= 15 is 0 Å². The van der Waals surface area contributed by atoms with Crippen LogP contribution >= 0.6 is 23.2 Å². The van der Waals surface area contributed by atoms with E-state index in [-0.39, 0.29) is 6.04 Å². The van der Waals surface area contributed by atoms with Gasteiger partial charge >= 0.3 is 0 Å². The number of nitrogens with zero attached hydrogens (tertiary/aromatic N) is 3. The maximum Gasteiger partial charge on any atom is 0.244 e. The van der Waals surface area contributed by atoms with E-state index < -0.39 is 0 Å². The van der Waals surface area contributed by atoms with E-state index in [4.69, 9.17) is 28.9 Å². The van der Waals surface area contributed by atoms with Crippen molar-refractivity contribution < 1.29 is 0 Å². The summed E-state index contributed by atoms with van der Waals surface area (Å²) in [7, 11) is 0. The summed E-state index contributed by atoms with van der Waals surface area (Å²) in [6.45, 7) is 1.77. The number of hydrogen-bond donors (Lipinski definition) is 2. The molecule has 2 heterocycles. The first kappa shape index (κ1) is 14.6. The van der Waals surface area contributed by atoms with Gasteiger partial charge in [-0.05, 0) is 30.5 Å². The van der Waals surface area contributed by atoms with E-state index in [0.717, 1.165) is 43.3 Å². The van der Waals surface area contributed by atoms with Gasteiger partial charge in [-0.15, -0.1) is 5.10 Å². The third-order valence-corrected chi connectivity index (χ3v) is 4.36. The lowest BCUT2D eigenvalue weighted by atomic mass is 10.1. The normalized spacial score (nSPS) is 19.0. The van der Waals surface area contributed by atoms with Crippen molar-refractivity contribution in [2.75, 3.05) is 18.0 Å². The van der Waals surface area contributed by atoms with Crippen molar-refractivity contribution in [2.24, 2.45) is 5.73 Å². The third-order valence-electron chi connectivity index (χ3n) is 3.62. The number of rotatable bonds is 3. The van der Waals surface area contributed by atoms with Crippen LogP contribution in [-0.2, 0) is 6.42 Å². The Labute approximate surface area is 133 Å². The fourth-order valence-corrected chi connectivity index (χ4v) is 2.86. The van der Waals surface area contributed by atoms with E-state index in [9.17, 15) is 0 Å². The van der Waals surface area contributed by atoms with Gasteiger partial charge in [-0.1, -0.05) is 29.3 Å². The van der Waals surface area contributed by atoms with Gasteiger partial charge < -0.3 is 10.6 Å². The standard InChI is InChI=1S/C14H17Cl2N5/c15-11-4-3-9(6-12(11)16)7-13-18-14(20-19-13)21-5-1-2-10(17)8-21/h3-4,6,10H,1-2,5,7-8,17H2,(H,18,19,20). The number of hydrogen-bond acceptors (Lipinski definition) is 4. The van der Waals surface area contributed by atoms with E-state index in [1.165, 1.54) is 0 Å². The molecule has 1 aliphatic heterocycles. The van der Waals surface area contributed by atoms with Crippen molar-refractivity contribution >= 4 is 29.2 Å². The summed E-state index contributed by atoms with van der Waals surface area (Å²) in [5.41, 5.74) is 7.03. The summed E-state index contributed by atoms with van der Waals surface area (Å²) in [5, 5.41) is 8.37. The van der Waals surface area contributed by atoms with E-state index in [2.05, 4.69) is 20.1 Å². The average Bonchev–Trinajstić information content (AvgIpc) is 2.91. The van der Waals surface area contributed by atoms with E-state index in [0.29, 0.717) is 16.5 Å². The second kappa shape index (κ2) is 6.22. The van der Waals surface area contributed by atoms with Crippen LogP contribution in [0.15, 0.2) is 18.2 Å².